The summed E-state index contributed by atoms with van der Waals surface area (Å²) in [6.45, 7) is 0. The number of thiophene rings is 1. The average Bonchev–Trinajstić information content (AvgIpc) is 2.76. The van der Waals surface area contributed by atoms with Gasteiger partial charge in [-0.3, -0.25) is 4.79 Å². The van der Waals surface area contributed by atoms with E-state index >= 15 is 0 Å². The van der Waals surface area contributed by atoms with Crippen molar-refractivity contribution in [3.63, 3.8) is 0 Å². The number of hydrogen-bond donors (Lipinski definition) is 2. The SMILES string of the molecule is O=C(O)c1sc(-c2ccccc2)c(Br)c1NC(=O)C(F)(F)F. The zero-order chi connectivity index (χ0) is 16.5. The monoisotopic (exact) mass is 393 g/mol. The zero-order valence-electron chi connectivity index (χ0n) is 10.6. The van der Waals surface area contributed by atoms with Gasteiger partial charge in [-0.2, -0.15) is 13.2 Å². The maximum atomic E-state index is 12.4. The summed E-state index contributed by atoms with van der Waals surface area (Å²) < 4.78 is 37.2. The molecule has 0 bridgehead atoms. The third-order valence-corrected chi connectivity index (χ3v) is 4.86. The summed E-state index contributed by atoms with van der Waals surface area (Å²) in [5, 5.41) is 10.7. The Bertz CT molecular complexity index is 728. The first-order valence-corrected chi connectivity index (χ1v) is 7.32. The fraction of sp³-hybridized carbons (Fsp3) is 0.0769. The van der Waals surface area contributed by atoms with Crippen LogP contribution >= 0.6 is 27.3 Å². The van der Waals surface area contributed by atoms with E-state index in [2.05, 4.69) is 15.9 Å². The van der Waals surface area contributed by atoms with Gasteiger partial charge >= 0.3 is 18.1 Å². The molecule has 0 saturated heterocycles. The minimum Gasteiger partial charge on any atom is -0.477 e. The number of aromatic carboxylic acids is 1. The molecule has 22 heavy (non-hydrogen) atoms. The van der Waals surface area contributed by atoms with Gasteiger partial charge in [-0.1, -0.05) is 30.3 Å². The lowest BCUT2D eigenvalue weighted by Crippen LogP contribution is -2.30. The molecular formula is C13H7BrF3NO3S. The first kappa shape index (κ1) is 16.5. The minimum absolute atomic E-state index is 0.0960. The number of benzene rings is 1. The summed E-state index contributed by atoms with van der Waals surface area (Å²) in [4.78, 5) is 22.3. The second kappa shape index (κ2) is 6.09. The number of amides is 1. The molecule has 1 heterocycles. The van der Waals surface area contributed by atoms with Gasteiger partial charge in [0.2, 0.25) is 0 Å². The average molecular weight is 394 g/mol. The van der Waals surface area contributed by atoms with Crippen molar-refractivity contribution < 1.29 is 27.9 Å². The van der Waals surface area contributed by atoms with Gasteiger partial charge in [-0.05, 0) is 21.5 Å². The van der Waals surface area contributed by atoms with E-state index in [4.69, 9.17) is 5.11 Å². The van der Waals surface area contributed by atoms with Crippen LogP contribution in [-0.2, 0) is 4.79 Å². The summed E-state index contributed by atoms with van der Waals surface area (Å²) in [5.41, 5.74) is 0.216. The molecule has 2 N–H and O–H groups in total. The maximum absolute atomic E-state index is 12.4. The molecule has 0 aliphatic heterocycles. The van der Waals surface area contributed by atoms with Crippen molar-refractivity contribution in [1.82, 2.24) is 0 Å². The van der Waals surface area contributed by atoms with Crippen molar-refractivity contribution in [2.45, 2.75) is 6.18 Å². The van der Waals surface area contributed by atoms with Crippen LogP contribution in [0.15, 0.2) is 34.8 Å². The van der Waals surface area contributed by atoms with Crippen LogP contribution in [-0.4, -0.2) is 23.2 Å². The van der Waals surface area contributed by atoms with E-state index in [1.165, 1.54) is 0 Å². The van der Waals surface area contributed by atoms with Gasteiger partial charge in [0.05, 0.1) is 15.0 Å². The number of carbonyl (C=O) groups is 2. The number of rotatable bonds is 3. The highest BCUT2D eigenvalue weighted by Gasteiger charge is 2.40. The first-order valence-electron chi connectivity index (χ1n) is 5.71. The van der Waals surface area contributed by atoms with Crippen LogP contribution in [0.5, 0.6) is 0 Å². The number of anilines is 1. The smallest absolute Gasteiger partial charge is 0.471 e. The summed E-state index contributed by atoms with van der Waals surface area (Å²) >= 11 is 3.84. The zero-order valence-corrected chi connectivity index (χ0v) is 13.0. The molecular weight excluding hydrogens is 387 g/mol. The molecule has 2 aromatic rings. The van der Waals surface area contributed by atoms with Gasteiger partial charge in [0, 0.05) is 0 Å². The molecule has 0 fully saturated rings. The van der Waals surface area contributed by atoms with E-state index in [1.54, 1.807) is 35.6 Å². The Hall–Kier alpha value is -1.87. The predicted molar refractivity (Wildman–Crippen MR) is 79.1 cm³/mol. The summed E-state index contributed by atoms with van der Waals surface area (Å²) in [6.07, 6.45) is -5.11. The van der Waals surface area contributed by atoms with Crippen molar-refractivity contribution >= 4 is 44.8 Å². The van der Waals surface area contributed by atoms with Crippen molar-refractivity contribution in [2.24, 2.45) is 0 Å². The minimum atomic E-state index is -5.11. The summed E-state index contributed by atoms with van der Waals surface area (Å²) in [5.74, 6) is -3.65. The topological polar surface area (TPSA) is 66.4 Å². The molecule has 1 aromatic heterocycles. The van der Waals surface area contributed by atoms with Crippen LogP contribution in [0, 0.1) is 0 Å². The highest BCUT2D eigenvalue weighted by molar-refractivity contribution is 9.10. The van der Waals surface area contributed by atoms with E-state index in [1.807, 2.05) is 0 Å². The molecule has 9 heteroatoms. The van der Waals surface area contributed by atoms with Crippen LogP contribution in [0.1, 0.15) is 9.67 Å². The molecule has 0 unspecified atom stereocenters. The Labute approximate surface area is 134 Å². The van der Waals surface area contributed by atoms with E-state index in [9.17, 15) is 22.8 Å². The number of carbonyl (C=O) groups excluding carboxylic acids is 1. The number of nitrogens with one attached hydrogen (secondary N) is 1. The van der Waals surface area contributed by atoms with E-state index in [0.29, 0.717) is 10.4 Å². The lowest BCUT2D eigenvalue weighted by molar-refractivity contribution is -0.167. The third-order valence-electron chi connectivity index (χ3n) is 2.58. The molecule has 0 radical (unpaired) electrons. The van der Waals surface area contributed by atoms with Gasteiger partial charge < -0.3 is 10.4 Å². The third kappa shape index (κ3) is 3.30. The summed E-state index contributed by atoms with van der Waals surface area (Å²) in [6, 6.07) is 8.51. The van der Waals surface area contributed by atoms with Gasteiger partial charge in [-0.25, -0.2) is 4.79 Å². The predicted octanol–water partition coefficient (Wildman–Crippen LogP) is 4.38. The molecule has 1 aromatic carbocycles. The van der Waals surface area contributed by atoms with Crippen molar-refractivity contribution in [3.05, 3.63) is 39.7 Å². The van der Waals surface area contributed by atoms with Crippen LogP contribution in [0.2, 0.25) is 0 Å². The molecule has 116 valence electrons. The largest absolute Gasteiger partial charge is 0.477 e. The number of halogens is 4. The van der Waals surface area contributed by atoms with E-state index in [-0.39, 0.29) is 9.35 Å². The number of hydrogen-bond acceptors (Lipinski definition) is 3. The maximum Gasteiger partial charge on any atom is 0.471 e. The van der Waals surface area contributed by atoms with Crippen LogP contribution in [0.4, 0.5) is 18.9 Å². The Morgan fingerprint density at radius 2 is 1.77 bits per heavy atom. The van der Waals surface area contributed by atoms with E-state index < -0.39 is 23.7 Å². The van der Waals surface area contributed by atoms with Gasteiger partial charge in [-0.15, -0.1) is 11.3 Å². The van der Waals surface area contributed by atoms with Crippen LogP contribution < -0.4 is 5.32 Å². The first-order chi connectivity index (χ1) is 10.2. The quantitative estimate of drug-likeness (QED) is 0.812. The van der Waals surface area contributed by atoms with Crippen molar-refractivity contribution in [2.75, 3.05) is 5.32 Å². The summed E-state index contributed by atoms with van der Waals surface area (Å²) in [7, 11) is 0. The second-order valence-corrected chi connectivity index (χ2v) is 5.89. The molecule has 4 nitrogen and oxygen atoms in total. The van der Waals surface area contributed by atoms with Crippen LogP contribution in [0.3, 0.4) is 0 Å². The number of alkyl halides is 3. The Morgan fingerprint density at radius 3 is 2.27 bits per heavy atom. The second-order valence-electron chi connectivity index (χ2n) is 4.07. The Kier molecular flexibility index (Phi) is 4.57. The standard InChI is InChI=1S/C13H7BrF3NO3S/c14-7-8(18-12(21)13(15,16)17)10(11(19)20)22-9(7)6-4-2-1-3-5-6/h1-5H,(H,18,21)(H,19,20). The molecule has 0 atom stereocenters. The van der Waals surface area contributed by atoms with Crippen LogP contribution in [0.25, 0.3) is 10.4 Å². The molecule has 0 spiro atoms. The fourth-order valence-electron chi connectivity index (χ4n) is 1.63. The Morgan fingerprint density at radius 1 is 1.18 bits per heavy atom. The molecule has 1 amide bonds. The van der Waals surface area contributed by atoms with Gasteiger partial charge in [0.25, 0.3) is 0 Å². The Balaban J connectivity index is 2.52. The molecule has 0 aliphatic rings. The van der Waals surface area contributed by atoms with E-state index in [0.717, 1.165) is 11.3 Å². The van der Waals surface area contributed by atoms with Gasteiger partial charge in [0.15, 0.2) is 0 Å². The highest BCUT2D eigenvalue weighted by Crippen LogP contribution is 2.44. The van der Waals surface area contributed by atoms with Crippen molar-refractivity contribution in [1.29, 1.82) is 0 Å². The molecule has 0 aliphatic carbocycles. The van der Waals surface area contributed by atoms with Crippen molar-refractivity contribution in [3.8, 4) is 10.4 Å². The number of carboxylic acid groups (broad SMARTS) is 1. The molecule has 0 saturated carbocycles. The highest BCUT2D eigenvalue weighted by atomic mass is 79.9. The molecule has 2 rings (SSSR count). The lowest BCUT2D eigenvalue weighted by Gasteiger charge is -2.08. The van der Waals surface area contributed by atoms with Gasteiger partial charge in [0.1, 0.15) is 4.88 Å². The fourth-order valence-corrected chi connectivity index (χ4v) is 3.53. The lowest BCUT2D eigenvalue weighted by atomic mass is 10.2. The normalized spacial score (nSPS) is 11.3. The number of carboxylic acids is 1.